The first-order valence-corrected chi connectivity index (χ1v) is 8.53. The first-order valence-electron chi connectivity index (χ1n) is 8.53. The number of ether oxygens (including phenoxy) is 2. The number of hydrogen-bond donors (Lipinski definition) is 0. The Kier molecular flexibility index (Phi) is 4.22. The third-order valence-corrected chi connectivity index (χ3v) is 5.43. The van der Waals surface area contributed by atoms with Crippen LogP contribution in [0.1, 0.15) is 55.4 Å². The van der Waals surface area contributed by atoms with E-state index >= 15 is 0 Å². The van der Waals surface area contributed by atoms with Crippen LogP contribution < -0.4 is 0 Å². The lowest BCUT2D eigenvalue weighted by Crippen LogP contribution is -2.73. The van der Waals surface area contributed by atoms with Crippen molar-refractivity contribution in [3.05, 3.63) is 0 Å². The molecule has 2 atom stereocenters. The third-order valence-electron chi connectivity index (χ3n) is 5.43. The Morgan fingerprint density at radius 1 is 0.760 bits per heavy atom. The third kappa shape index (κ3) is 2.30. The number of carbonyl (C=O) groups is 2. The van der Waals surface area contributed by atoms with E-state index in [1.165, 1.54) is 14.2 Å². The highest BCUT2D eigenvalue weighted by molar-refractivity contribution is 6.51. The minimum Gasteiger partial charge on any atom is -0.345 e. The zero-order chi connectivity index (χ0) is 19.6. The SMILES string of the molecule is COC1(OC)C(=O)C(C(C)(C)C)=NC2(C)C(=O)C(C(C)(C)C)=NC21C. The molecule has 0 spiro atoms. The number of fused-ring (bicyclic) bond motifs is 1. The first-order chi connectivity index (χ1) is 11.1. The molecule has 6 heteroatoms. The number of rotatable bonds is 2. The maximum absolute atomic E-state index is 13.4. The van der Waals surface area contributed by atoms with Gasteiger partial charge in [0.05, 0.1) is 11.4 Å². The monoisotopic (exact) mass is 350 g/mol. The zero-order valence-corrected chi connectivity index (χ0v) is 17.0. The molecule has 2 aliphatic heterocycles. The Bertz CT molecular complexity index is 689. The highest BCUT2D eigenvalue weighted by Crippen LogP contribution is 2.52. The van der Waals surface area contributed by atoms with Gasteiger partial charge >= 0.3 is 0 Å². The van der Waals surface area contributed by atoms with Crippen LogP contribution in [0.5, 0.6) is 0 Å². The predicted molar refractivity (Wildman–Crippen MR) is 97.4 cm³/mol. The van der Waals surface area contributed by atoms with Gasteiger partial charge in [-0.15, -0.1) is 0 Å². The van der Waals surface area contributed by atoms with Crippen molar-refractivity contribution in [3.8, 4) is 0 Å². The number of aliphatic imine (C=N–C) groups is 2. The van der Waals surface area contributed by atoms with Crippen LogP contribution in [0.15, 0.2) is 9.98 Å². The molecule has 0 fully saturated rings. The second-order valence-corrected chi connectivity index (χ2v) is 9.25. The predicted octanol–water partition coefficient (Wildman–Crippen LogP) is 2.63. The average Bonchev–Trinajstić information content (AvgIpc) is 2.68. The number of nitrogens with zero attached hydrogens (tertiary/aromatic N) is 2. The van der Waals surface area contributed by atoms with Gasteiger partial charge in [-0.05, 0) is 13.8 Å². The molecular formula is C19H30N2O4. The lowest BCUT2D eigenvalue weighted by atomic mass is 9.65. The van der Waals surface area contributed by atoms with Crippen molar-refractivity contribution in [1.82, 2.24) is 0 Å². The molecule has 0 aromatic heterocycles. The summed E-state index contributed by atoms with van der Waals surface area (Å²) in [6, 6.07) is 0. The number of Topliss-reactive ketones (excluding diaryl/α,β-unsaturated/α-hetero) is 2. The molecule has 0 amide bonds. The molecule has 0 saturated heterocycles. The average molecular weight is 350 g/mol. The summed E-state index contributed by atoms with van der Waals surface area (Å²) in [5, 5.41) is 0. The van der Waals surface area contributed by atoms with E-state index in [-0.39, 0.29) is 17.3 Å². The molecule has 2 heterocycles. The summed E-state index contributed by atoms with van der Waals surface area (Å²) in [6.45, 7) is 14.9. The molecule has 25 heavy (non-hydrogen) atoms. The summed E-state index contributed by atoms with van der Waals surface area (Å²) < 4.78 is 11.3. The molecule has 6 nitrogen and oxygen atoms in total. The molecule has 140 valence electrons. The minimum atomic E-state index is -1.70. The quantitative estimate of drug-likeness (QED) is 0.717. The Hall–Kier alpha value is -1.40. The zero-order valence-electron chi connectivity index (χ0n) is 17.0. The van der Waals surface area contributed by atoms with Crippen molar-refractivity contribution < 1.29 is 19.1 Å². The maximum atomic E-state index is 13.4. The molecule has 0 bridgehead atoms. The summed E-state index contributed by atoms with van der Waals surface area (Å²) in [7, 11) is 2.82. The van der Waals surface area contributed by atoms with Gasteiger partial charge in [-0.1, -0.05) is 41.5 Å². The minimum absolute atomic E-state index is 0.185. The molecule has 0 aromatic carbocycles. The van der Waals surface area contributed by atoms with Crippen LogP contribution >= 0.6 is 0 Å². The van der Waals surface area contributed by atoms with E-state index in [0.29, 0.717) is 5.71 Å². The molecular weight excluding hydrogens is 320 g/mol. The van der Waals surface area contributed by atoms with Crippen molar-refractivity contribution >= 4 is 23.0 Å². The molecule has 2 aliphatic rings. The van der Waals surface area contributed by atoms with E-state index in [1.54, 1.807) is 13.8 Å². The fraction of sp³-hybridized carbons (Fsp3) is 0.789. The van der Waals surface area contributed by atoms with Crippen LogP contribution in [0.25, 0.3) is 0 Å². The van der Waals surface area contributed by atoms with Crippen molar-refractivity contribution in [2.75, 3.05) is 14.2 Å². The standard InChI is InChI=1S/C19H30N2O4/c1-15(2,3)11-13(22)17(7)18(8,21-11)19(24-9,25-10)14(23)12(20-17)16(4,5)6/h1-10H3. The van der Waals surface area contributed by atoms with Gasteiger partial charge < -0.3 is 9.47 Å². The second-order valence-electron chi connectivity index (χ2n) is 9.25. The van der Waals surface area contributed by atoms with Crippen molar-refractivity contribution in [1.29, 1.82) is 0 Å². The Morgan fingerprint density at radius 2 is 1.16 bits per heavy atom. The number of carbonyl (C=O) groups excluding carboxylic acids is 2. The first kappa shape index (κ1) is 19.9. The summed E-state index contributed by atoms with van der Waals surface area (Å²) in [5.41, 5.74) is -2.90. The highest BCUT2D eigenvalue weighted by Gasteiger charge is 2.74. The molecule has 2 unspecified atom stereocenters. The van der Waals surface area contributed by atoms with E-state index in [0.717, 1.165) is 0 Å². The van der Waals surface area contributed by atoms with E-state index in [1.807, 2.05) is 41.5 Å². The Balaban J connectivity index is 2.92. The fourth-order valence-electron chi connectivity index (χ4n) is 3.72. The maximum Gasteiger partial charge on any atom is 0.263 e. The van der Waals surface area contributed by atoms with Crippen LogP contribution in [0, 0.1) is 10.8 Å². The van der Waals surface area contributed by atoms with E-state index in [4.69, 9.17) is 14.5 Å². The lowest BCUT2D eigenvalue weighted by Gasteiger charge is -2.51. The largest absolute Gasteiger partial charge is 0.345 e. The van der Waals surface area contributed by atoms with Gasteiger partial charge in [-0.25, -0.2) is 0 Å². The normalized spacial score (nSPS) is 32.4. The van der Waals surface area contributed by atoms with Crippen LogP contribution in [0.2, 0.25) is 0 Å². The van der Waals surface area contributed by atoms with Gasteiger partial charge in [0, 0.05) is 25.0 Å². The van der Waals surface area contributed by atoms with E-state index < -0.39 is 27.7 Å². The highest BCUT2D eigenvalue weighted by atomic mass is 16.7. The number of hydrogen-bond acceptors (Lipinski definition) is 6. The fourth-order valence-corrected chi connectivity index (χ4v) is 3.72. The van der Waals surface area contributed by atoms with Gasteiger partial charge in [-0.2, -0.15) is 0 Å². The molecule has 0 radical (unpaired) electrons. The summed E-state index contributed by atoms with van der Waals surface area (Å²) >= 11 is 0. The van der Waals surface area contributed by atoms with Gasteiger partial charge in [0.25, 0.3) is 5.79 Å². The molecule has 0 aromatic rings. The summed E-state index contributed by atoms with van der Waals surface area (Å²) in [5.74, 6) is -2.26. The smallest absolute Gasteiger partial charge is 0.263 e. The summed E-state index contributed by atoms with van der Waals surface area (Å²) in [4.78, 5) is 36.1. The van der Waals surface area contributed by atoms with Gasteiger partial charge in [0.15, 0.2) is 11.1 Å². The van der Waals surface area contributed by atoms with Gasteiger partial charge in [0.2, 0.25) is 11.6 Å². The van der Waals surface area contributed by atoms with E-state index in [2.05, 4.69) is 4.99 Å². The summed E-state index contributed by atoms with van der Waals surface area (Å²) in [6.07, 6.45) is 0. The Labute approximate surface area is 150 Å². The van der Waals surface area contributed by atoms with E-state index in [9.17, 15) is 9.59 Å². The second kappa shape index (κ2) is 5.30. The molecule has 2 rings (SSSR count). The van der Waals surface area contributed by atoms with Crippen molar-refractivity contribution in [2.24, 2.45) is 20.8 Å². The number of methoxy groups -OCH3 is 2. The van der Waals surface area contributed by atoms with Gasteiger partial charge in [-0.3, -0.25) is 19.6 Å². The molecule has 0 aliphatic carbocycles. The topological polar surface area (TPSA) is 77.3 Å². The Morgan fingerprint density at radius 3 is 1.52 bits per heavy atom. The van der Waals surface area contributed by atoms with Crippen molar-refractivity contribution in [3.63, 3.8) is 0 Å². The van der Waals surface area contributed by atoms with Crippen LogP contribution in [0.3, 0.4) is 0 Å². The molecule has 0 N–H and O–H groups in total. The lowest BCUT2D eigenvalue weighted by molar-refractivity contribution is -0.237. The van der Waals surface area contributed by atoms with Crippen LogP contribution in [-0.4, -0.2) is 54.1 Å². The van der Waals surface area contributed by atoms with Gasteiger partial charge in [0.1, 0.15) is 0 Å². The van der Waals surface area contributed by atoms with Crippen LogP contribution in [-0.2, 0) is 19.1 Å². The van der Waals surface area contributed by atoms with Crippen LogP contribution in [0.4, 0.5) is 0 Å². The van der Waals surface area contributed by atoms with Crippen molar-refractivity contribution in [2.45, 2.75) is 72.3 Å². The number of ketones is 2. The molecule has 0 saturated carbocycles.